The summed E-state index contributed by atoms with van der Waals surface area (Å²) in [6, 6.07) is 0. The highest BCUT2D eigenvalue weighted by molar-refractivity contribution is 7.99. The van der Waals surface area contributed by atoms with Crippen LogP contribution in [-0.2, 0) is 11.3 Å². The number of nitrogens with zero attached hydrogens (tertiary/aromatic N) is 2. The van der Waals surface area contributed by atoms with Crippen molar-refractivity contribution in [3.63, 3.8) is 0 Å². The van der Waals surface area contributed by atoms with Crippen LogP contribution in [0.25, 0.3) is 0 Å². The van der Waals surface area contributed by atoms with Gasteiger partial charge in [-0.2, -0.15) is 16.9 Å². The van der Waals surface area contributed by atoms with E-state index in [1.165, 1.54) is 0 Å². The van der Waals surface area contributed by atoms with Crippen molar-refractivity contribution in [1.29, 1.82) is 0 Å². The summed E-state index contributed by atoms with van der Waals surface area (Å²) < 4.78 is 6.79. The normalized spacial score (nSPS) is 10.5. The monoisotopic (exact) mass is 201 g/mol. The second-order valence-corrected chi connectivity index (χ2v) is 3.87. The summed E-state index contributed by atoms with van der Waals surface area (Å²) in [6.07, 6.45) is 3.51. The summed E-state index contributed by atoms with van der Waals surface area (Å²) in [5.41, 5.74) is 6.24. The summed E-state index contributed by atoms with van der Waals surface area (Å²) in [6.45, 7) is 1.72. The number of nitrogen functional groups attached to an aromatic ring is 1. The molecule has 5 heteroatoms. The van der Waals surface area contributed by atoms with Crippen molar-refractivity contribution >= 4 is 17.4 Å². The van der Waals surface area contributed by atoms with Gasteiger partial charge in [0.25, 0.3) is 0 Å². The van der Waals surface area contributed by atoms with E-state index in [4.69, 9.17) is 10.5 Å². The third kappa shape index (κ3) is 4.19. The Balaban J connectivity index is 2.06. The molecule has 0 saturated carbocycles. The number of ether oxygens (including phenoxy) is 1. The molecule has 74 valence electrons. The predicted octanol–water partition coefficient (Wildman–Crippen LogP) is 0.845. The quantitative estimate of drug-likeness (QED) is 0.693. The van der Waals surface area contributed by atoms with Crippen molar-refractivity contribution < 1.29 is 4.74 Å². The SMILES string of the molecule is COCCSCCn1cc(N)cn1. The van der Waals surface area contributed by atoms with Gasteiger partial charge in [0.15, 0.2) is 0 Å². The van der Waals surface area contributed by atoms with Crippen molar-refractivity contribution in [2.75, 3.05) is 31.0 Å². The molecule has 4 nitrogen and oxygen atoms in total. The molecular weight excluding hydrogens is 186 g/mol. The number of hydrogen-bond acceptors (Lipinski definition) is 4. The highest BCUT2D eigenvalue weighted by Gasteiger charge is 1.94. The molecular formula is C8H15N3OS. The lowest BCUT2D eigenvalue weighted by Crippen LogP contribution is -2.02. The van der Waals surface area contributed by atoms with Crippen LogP contribution in [0.15, 0.2) is 12.4 Å². The van der Waals surface area contributed by atoms with Gasteiger partial charge in [0, 0.05) is 24.8 Å². The number of thioether (sulfide) groups is 1. The lowest BCUT2D eigenvalue weighted by Gasteiger charge is -2.00. The van der Waals surface area contributed by atoms with Gasteiger partial charge in [-0.25, -0.2) is 0 Å². The molecule has 2 N–H and O–H groups in total. The van der Waals surface area contributed by atoms with Gasteiger partial charge in [-0.1, -0.05) is 0 Å². The summed E-state index contributed by atoms with van der Waals surface area (Å²) in [5.74, 6) is 2.08. The molecule has 1 rings (SSSR count). The van der Waals surface area contributed by atoms with E-state index in [0.717, 1.165) is 30.3 Å². The number of aromatic nitrogens is 2. The van der Waals surface area contributed by atoms with Crippen LogP contribution in [0.1, 0.15) is 0 Å². The number of aryl methyl sites for hydroxylation is 1. The Morgan fingerprint density at radius 2 is 2.46 bits per heavy atom. The molecule has 0 saturated heterocycles. The fourth-order valence-electron chi connectivity index (χ4n) is 0.904. The van der Waals surface area contributed by atoms with E-state index in [1.54, 1.807) is 13.3 Å². The van der Waals surface area contributed by atoms with Crippen molar-refractivity contribution in [3.8, 4) is 0 Å². The number of nitrogens with two attached hydrogens (primary N) is 1. The Labute approximate surface area is 82.4 Å². The molecule has 0 bridgehead atoms. The smallest absolute Gasteiger partial charge is 0.0719 e. The standard InChI is InChI=1S/C8H15N3OS/c1-12-3-5-13-4-2-11-7-8(9)6-10-11/h6-7H,2-5,9H2,1H3. The minimum Gasteiger partial charge on any atom is -0.396 e. The molecule has 0 aliphatic rings. The Morgan fingerprint density at radius 1 is 1.62 bits per heavy atom. The van der Waals surface area contributed by atoms with E-state index in [-0.39, 0.29) is 0 Å². The molecule has 0 aliphatic heterocycles. The molecule has 0 radical (unpaired) electrons. The van der Waals surface area contributed by atoms with E-state index in [1.807, 2.05) is 22.6 Å². The highest BCUT2D eigenvalue weighted by Crippen LogP contribution is 2.03. The molecule has 1 aromatic heterocycles. The van der Waals surface area contributed by atoms with Gasteiger partial charge in [-0.3, -0.25) is 4.68 Å². The lowest BCUT2D eigenvalue weighted by molar-refractivity contribution is 0.218. The van der Waals surface area contributed by atoms with Crippen LogP contribution >= 0.6 is 11.8 Å². The van der Waals surface area contributed by atoms with E-state index >= 15 is 0 Å². The van der Waals surface area contributed by atoms with Crippen molar-refractivity contribution in [2.24, 2.45) is 0 Å². The van der Waals surface area contributed by atoms with Crippen LogP contribution in [0, 0.1) is 0 Å². The zero-order valence-corrected chi connectivity index (χ0v) is 8.59. The van der Waals surface area contributed by atoms with Crippen molar-refractivity contribution in [3.05, 3.63) is 12.4 Å². The fourth-order valence-corrected chi connectivity index (χ4v) is 1.71. The second kappa shape index (κ2) is 5.88. The Hall–Kier alpha value is -0.680. The maximum atomic E-state index is 5.52. The van der Waals surface area contributed by atoms with Crippen molar-refractivity contribution in [1.82, 2.24) is 9.78 Å². The Morgan fingerprint density at radius 3 is 3.08 bits per heavy atom. The van der Waals surface area contributed by atoms with Gasteiger partial charge < -0.3 is 10.5 Å². The zero-order chi connectivity index (χ0) is 9.52. The largest absolute Gasteiger partial charge is 0.396 e. The highest BCUT2D eigenvalue weighted by atomic mass is 32.2. The number of methoxy groups -OCH3 is 1. The Bertz CT molecular complexity index is 239. The van der Waals surface area contributed by atoms with Crippen LogP contribution < -0.4 is 5.73 Å². The molecule has 1 heterocycles. The van der Waals surface area contributed by atoms with Crippen LogP contribution in [-0.4, -0.2) is 35.0 Å². The van der Waals surface area contributed by atoms with Crippen LogP contribution in [0.2, 0.25) is 0 Å². The second-order valence-electron chi connectivity index (χ2n) is 2.64. The van der Waals surface area contributed by atoms with Crippen LogP contribution in [0.3, 0.4) is 0 Å². The minimum atomic E-state index is 0.724. The van der Waals surface area contributed by atoms with Gasteiger partial charge in [0.1, 0.15) is 0 Å². The first-order valence-corrected chi connectivity index (χ1v) is 5.33. The minimum absolute atomic E-state index is 0.724. The van der Waals surface area contributed by atoms with Crippen LogP contribution in [0.4, 0.5) is 5.69 Å². The third-order valence-corrected chi connectivity index (χ3v) is 2.48. The molecule has 1 aromatic rings. The molecule has 0 unspecified atom stereocenters. The number of rotatable bonds is 6. The first-order valence-electron chi connectivity index (χ1n) is 4.17. The average molecular weight is 201 g/mol. The first-order chi connectivity index (χ1) is 6.33. The fraction of sp³-hybridized carbons (Fsp3) is 0.625. The molecule has 0 spiro atoms. The summed E-state index contributed by atoms with van der Waals surface area (Å²) in [7, 11) is 1.72. The van der Waals surface area contributed by atoms with Gasteiger partial charge in [-0.15, -0.1) is 0 Å². The molecule has 0 aromatic carbocycles. The van der Waals surface area contributed by atoms with Gasteiger partial charge in [0.2, 0.25) is 0 Å². The number of hydrogen-bond donors (Lipinski definition) is 1. The molecule has 0 atom stereocenters. The topological polar surface area (TPSA) is 53.1 Å². The molecule has 13 heavy (non-hydrogen) atoms. The summed E-state index contributed by atoms with van der Waals surface area (Å²) in [5, 5.41) is 4.08. The first kappa shape index (κ1) is 10.4. The lowest BCUT2D eigenvalue weighted by atomic mass is 10.6. The molecule has 0 amide bonds. The van der Waals surface area contributed by atoms with E-state index in [0.29, 0.717) is 0 Å². The van der Waals surface area contributed by atoms with Crippen LogP contribution in [0.5, 0.6) is 0 Å². The predicted molar refractivity (Wildman–Crippen MR) is 55.8 cm³/mol. The van der Waals surface area contributed by atoms with Crippen molar-refractivity contribution in [2.45, 2.75) is 6.54 Å². The Kier molecular flexibility index (Phi) is 4.70. The van der Waals surface area contributed by atoms with E-state index in [2.05, 4.69) is 5.10 Å². The summed E-state index contributed by atoms with van der Waals surface area (Å²) >= 11 is 1.86. The maximum absolute atomic E-state index is 5.52. The molecule has 0 aliphatic carbocycles. The molecule has 0 fully saturated rings. The maximum Gasteiger partial charge on any atom is 0.0719 e. The van der Waals surface area contributed by atoms with Gasteiger partial charge in [0.05, 0.1) is 25.0 Å². The van der Waals surface area contributed by atoms with E-state index in [9.17, 15) is 0 Å². The van der Waals surface area contributed by atoms with Gasteiger partial charge >= 0.3 is 0 Å². The summed E-state index contributed by atoms with van der Waals surface area (Å²) in [4.78, 5) is 0. The van der Waals surface area contributed by atoms with Gasteiger partial charge in [-0.05, 0) is 0 Å². The zero-order valence-electron chi connectivity index (χ0n) is 7.77. The van der Waals surface area contributed by atoms with E-state index < -0.39 is 0 Å². The number of anilines is 1. The third-order valence-electron chi connectivity index (χ3n) is 1.55. The average Bonchev–Trinajstić information content (AvgIpc) is 2.51.